The first-order chi connectivity index (χ1) is 10.2. The van der Waals surface area contributed by atoms with Gasteiger partial charge in [-0.2, -0.15) is 0 Å². The lowest BCUT2D eigenvalue weighted by Crippen LogP contribution is -1.91. The highest BCUT2D eigenvalue weighted by atomic mass is 19.1. The van der Waals surface area contributed by atoms with Gasteiger partial charge in [-0.25, -0.2) is 4.39 Å². The minimum absolute atomic E-state index is 0.302. The summed E-state index contributed by atoms with van der Waals surface area (Å²) in [4.78, 5) is 0. The van der Waals surface area contributed by atoms with Crippen molar-refractivity contribution in [3.05, 3.63) is 78.6 Å². The van der Waals surface area contributed by atoms with Crippen LogP contribution in [0.2, 0.25) is 0 Å². The second-order valence-corrected chi connectivity index (χ2v) is 4.67. The Labute approximate surface area is 122 Å². The highest BCUT2D eigenvalue weighted by molar-refractivity contribution is 5.76. The van der Waals surface area contributed by atoms with Gasteiger partial charge in [0.1, 0.15) is 17.3 Å². The molecule has 104 valence electrons. The highest BCUT2D eigenvalue weighted by Crippen LogP contribution is 2.29. The van der Waals surface area contributed by atoms with E-state index in [0.717, 1.165) is 17.1 Å². The van der Waals surface area contributed by atoms with Gasteiger partial charge < -0.3 is 10.5 Å². The van der Waals surface area contributed by atoms with Crippen molar-refractivity contribution in [1.29, 1.82) is 0 Å². The Morgan fingerprint density at radius 3 is 2.14 bits per heavy atom. The predicted octanol–water partition coefficient (Wildman–Crippen LogP) is 4.87. The van der Waals surface area contributed by atoms with Crippen LogP contribution >= 0.6 is 0 Å². The maximum Gasteiger partial charge on any atom is 0.127 e. The SMILES string of the molecule is Nc1ccc(F)cc1-c1ccc(Oc2ccccc2)cc1. The van der Waals surface area contributed by atoms with E-state index in [1.54, 1.807) is 6.07 Å². The van der Waals surface area contributed by atoms with Crippen LogP contribution in [0, 0.1) is 5.82 Å². The van der Waals surface area contributed by atoms with E-state index in [-0.39, 0.29) is 5.82 Å². The first-order valence-corrected chi connectivity index (χ1v) is 6.61. The van der Waals surface area contributed by atoms with Gasteiger partial charge in [-0.15, -0.1) is 0 Å². The lowest BCUT2D eigenvalue weighted by molar-refractivity contribution is 0.483. The third kappa shape index (κ3) is 3.03. The summed E-state index contributed by atoms with van der Waals surface area (Å²) in [6.45, 7) is 0. The zero-order valence-electron chi connectivity index (χ0n) is 11.3. The number of ether oxygens (including phenoxy) is 1. The molecule has 3 rings (SSSR count). The van der Waals surface area contributed by atoms with Crippen LogP contribution in [-0.2, 0) is 0 Å². The Hall–Kier alpha value is -2.81. The predicted molar refractivity (Wildman–Crippen MR) is 82.8 cm³/mol. The standard InChI is InChI=1S/C18H14FNO/c19-14-8-11-18(20)17(12-14)13-6-9-16(10-7-13)21-15-4-2-1-3-5-15/h1-12H,20H2. The summed E-state index contributed by atoms with van der Waals surface area (Å²) < 4.78 is 19.0. The zero-order valence-corrected chi connectivity index (χ0v) is 11.3. The number of hydrogen-bond donors (Lipinski definition) is 1. The van der Waals surface area contributed by atoms with Gasteiger partial charge in [0.25, 0.3) is 0 Å². The Morgan fingerprint density at radius 1 is 0.762 bits per heavy atom. The van der Waals surface area contributed by atoms with Crippen molar-refractivity contribution in [2.75, 3.05) is 5.73 Å². The molecule has 0 saturated carbocycles. The van der Waals surface area contributed by atoms with Gasteiger partial charge in [-0.05, 0) is 48.0 Å². The van der Waals surface area contributed by atoms with E-state index in [1.165, 1.54) is 12.1 Å². The lowest BCUT2D eigenvalue weighted by atomic mass is 10.0. The van der Waals surface area contributed by atoms with Crippen LogP contribution in [0.5, 0.6) is 11.5 Å². The van der Waals surface area contributed by atoms with Crippen LogP contribution in [0.25, 0.3) is 11.1 Å². The normalized spacial score (nSPS) is 10.3. The van der Waals surface area contributed by atoms with Crippen molar-refractivity contribution < 1.29 is 9.13 Å². The smallest absolute Gasteiger partial charge is 0.127 e. The van der Waals surface area contributed by atoms with E-state index in [2.05, 4.69) is 0 Å². The van der Waals surface area contributed by atoms with Crippen molar-refractivity contribution in [3.8, 4) is 22.6 Å². The van der Waals surface area contributed by atoms with Gasteiger partial charge in [-0.3, -0.25) is 0 Å². The van der Waals surface area contributed by atoms with E-state index in [9.17, 15) is 4.39 Å². The summed E-state index contributed by atoms with van der Waals surface area (Å²) in [7, 11) is 0. The maximum atomic E-state index is 13.3. The molecule has 0 amide bonds. The summed E-state index contributed by atoms with van der Waals surface area (Å²) in [6.07, 6.45) is 0. The molecule has 0 fully saturated rings. The molecule has 0 spiro atoms. The number of hydrogen-bond acceptors (Lipinski definition) is 2. The second kappa shape index (κ2) is 5.67. The third-order valence-electron chi connectivity index (χ3n) is 3.16. The van der Waals surface area contributed by atoms with Gasteiger partial charge in [-0.1, -0.05) is 30.3 Å². The quantitative estimate of drug-likeness (QED) is 0.694. The number of nitrogens with two attached hydrogens (primary N) is 1. The average molecular weight is 279 g/mol. The first kappa shape index (κ1) is 13.2. The molecule has 0 aromatic heterocycles. The molecule has 0 aliphatic carbocycles. The van der Waals surface area contributed by atoms with Gasteiger partial charge in [0, 0.05) is 11.3 Å². The fourth-order valence-corrected chi connectivity index (χ4v) is 2.11. The van der Waals surface area contributed by atoms with Crippen molar-refractivity contribution in [3.63, 3.8) is 0 Å². The minimum Gasteiger partial charge on any atom is -0.457 e. The summed E-state index contributed by atoms with van der Waals surface area (Å²) in [5.41, 5.74) is 7.97. The summed E-state index contributed by atoms with van der Waals surface area (Å²) >= 11 is 0. The molecule has 0 unspecified atom stereocenters. The Morgan fingerprint density at radius 2 is 1.43 bits per heavy atom. The van der Waals surface area contributed by atoms with E-state index in [4.69, 9.17) is 10.5 Å². The molecule has 0 heterocycles. The lowest BCUT2D eigenvalue weighted by Gasteiger charge is -2.08. The second-order valence-electron chi connectivity index (χ2n) is 4.67. The Kier molecular flexibility index (Phi) is 3.56. The van der Waals surface area contributed by atoms with Gasteiger partial charge in [0.05, 0.1) is 0 Å². The monoisotopic (exact) mass is 279 g/mol. The number of benzene rings is 3. The minimum atomic E-state index is -0.302. The van der Waals surface area contributed by atoms with E-state index in [1.807, 2.05) is 54.6 Å². The van der Waals surface area contributed by atoms with Crippen LogP contribution in [-0.4, -0.2) is 0 Å². The fraction of sp³-hybridized carbons (Fsp3) is 0. The molecule has 21 heavy (non-hydrogen) atoms. The number of halogens is 1. The first-order valence-electron chi connectivity index (χ1n) is 6.61. The number of para-hydroxylation sites is 1. The highest BCUT2D eigenvalue weighted by Gasteiger charge is 2.05. The van der Waals surface area contributed by atoms with Crippen LogP contribution in [0.1, 0.15) is 0 Å². The molecule has 0 saturated heterocycles. The summed E-state index contributed by atoms with van der Waals surface area (Å²) in [5, 5.41) is 0. The molecule has 0 atom stereocenters. The van der Waals surface area contributed by atoms with Crippen molar-refractivity contribution in [2.24, 2.45) is 0 Å². The number of rotatable bonds is 3. The topological polar surface area (TPSA) is 35.2 Å². The van der Waals surface area contributed by atoms with Gasteiger partial charge >= 0.3 is 0 Å². The molecule has 3 aromatic carbocycles. The van der Waals surface area contributed by atoms with Crippen LogP contribution in [0.3, 0.4) is 0 Å². The Balaban J connectivity index is 1.85. The van der Waals surface area contributed by atoms with Crippen molar-refractivity contribution >= 4 is 5.69 Å². The molecule has 3 heteroatoms. The average Bonchev–Trinajstić information content (AvgIpc) is 2.52. The molecule has 0 bridgehead atoms. The summed E-state index contributed by atoms with van der Waals surface area (Å²) in [6, 6.07) is 21.3. The van der Waals surface area contributed by atoms with Gasteiger partial charge in [0.15, 0.2) is 0 Å². The van der Waals surface area contributed by atoms with Crippen LogP contribution in [0.15, 0.2) is 72.8 Å². The Bertz CT molecular complexity index is 739. The third-order valence-corrected chi connectivity index (χ3v) is 3.16. The number of nitrogen functional groups attached to an aromatic ring is 1. The molecular formula is C18H14FNO. The summed E-state index contributed by atoms with van der Waals surface area (Å²) in [5.74, 6) is 1.19. The van der Waals surface area contributed by atoms with Crippen LogP contribution < -0.4 is 10.5 Å². The maximum absolute atomic E-state index is 13.3. The van der Waals surface area contributed by atoms with Crippen molar-refractivity contribution in [2.45, 2.75) is 0 Å². The molecular weight excluding hydrogens is 265 g/mol. The molecule has 0 aliphatic rings. The van der Waals surface area contributed by atoms with E-state index >= 15 is 0 Å². The van der Waals surface area contributed by atoms with Crippen molar-refractivity contribution in [1.82, 2.24) is 0 Å². The van der Waals surface area contributed by atoms with Gasteiger partial charge in [0.2, 0.25) is 0 Å². The molecule has 0 aliphatic heterocycles. The molecule has 3 aromatic rings. The molecule has 2 nitrogen and oxygen atoms in total. The molecule has 2 N–H and O–H groups in total. The van der Waals surface area contributed by atoms with E-state index < -0.39 is 0 Å². The number of anilines is 1. The van der Waals surface area contributed by atoms with Crippen LogP contribution in [0.4, 0.5) is 10.1 Å². The zero-order chi connectivity index (χ0) is 14.7. The largest absolute Gasteiger partial charge is 0.457 e. The fourth-order valence-electron chi connectivity index (χ4n) is 2.11. The van der Waals surface area contributed by atoms with E-state index in [0.29, 0.717) is 11.3 Å². The molecule has 0 radical (unpaired) electrons.